The minimum absolute atomic E-state index is 0. The fourth-order valence-corrected chi connectivity index (χ4v) is 8.28. The minimum atomic E-state index is -0.0465. The molecule has 2 nitrogen and oxygen atoms in total. The zero-order chi connectivity index (χ0) is 18.7. The van der Waals surface area contributed by atoms with Gasteiger partial charge in [-0.05, 0) is 71.4 Å². The number of carbonyl (C=O) groups excluding carboxylic acids is 1. The maximum absolute atomic E-state index is 13.0. The number of rotatable bonds is 3. The van der Waals surface area contributed by atoms with Gasteiger partial charge in [0.2, 0.25) is 0 Å². The molecular weight excluding hydrogens is 467 g/mol. The highest BCUT2D eigenvalue weighted by molar-refractivity contribution is 7.95. The van der Waals surface area contributed by atoms with Crippen molar-refractivity contribution < 1.29 is 33.5 Å². The SMILES string of the molecule is COC1=CC2=CCC3C(CC[C@]4(C)C(=O)C[C@@H](C[S+](C)C)C34)[C@@]2(C)CC1.[I-]. The Balaban J connectivity index is 0.00000210. The molecule has 0 aromatic rings. The first-order chi connectivity index (χ1) is 12.3. The molecule has 152 valence electrons. The van der Waals surface area contributed by atoms with Crippen LogP contribution in [0.2, 0.25) is 0 Å². The summed E-state index contributed by atoms with van der Waals surface area (Å²) in [5.74, 6) is 5.61. The van der Waals surface area contributed by atoms with Crippen LogP contribution >= 0.6 is 0 Å². The van der Waals surface area contributed by atoms with E-state index in [0.717, 1.165) is 37.4 Å². The van der Waals surface area contributed by atoms with E-state index in [1.165, 1.54) is 24.2 Å². The summed E-state index contributed by atoms with van der Waals surface area (Å²) in [6.07, 6.45) is 16.1. The molecule has 0 radical (unpaired) electrons. The number of allylic oxidation sites excluding steroid dienone is 4. The molecule has 6 atom stereocenters. The van der Waals surface area contributed by atoms with Crippen LogP contribution in [0, 0.1) is 34.5 Å². The van der Waals surface area contributed by atoms with E-state index >= 15 is 0 Å². The fourth-order valence-electron chi connectivity index (χ4n) is 7.10. The molecule has 0 aromatic carbocycles. The number of methoxy groups -OCH3 is 1. The van der Waals surface area contributed by atoms with Gasteiger partial charge in [0, 0.05) is 24.2 Å². The Bertz CT molecular complexity index is 669. The molecule has 4 heteroatoms. The van der Waals surface area contributed by atoms with E-state index < -0.39 is 0 Å². The molecule has 27 heavy (non-hydrogen) atoms. The molecule has 0 aliphatic heterocycles. The molecule has 0 heterocycles. The van der Waals surface area contributed by atoms with Gasteiger partial charge >= 0.3 is 0 Å². The number of ketones is 1. The Labute approximate surface area is 185 Å². The van der Waals surface area contributed by atoms with Gasteiger partial charge in [-0.1, -0.05) is 19.9 Å². The van der Waals surface area contributed by atoms with E-state index in [4.69, 9.17) is 4.74 Å². The van der Waals surface area contributed by atoms with E-state index in [1.807, 2.05) is 0 Å². The number of ether oxygens (including phenoxy) is 1. The lowest BCUT2D eigenvalue weighted by Crippen LogP contribution is -3.00. The normalized spacial score (nSPS) is 43.1. The van der Waals surface area contributed by atoms with Crippen molar-refractivity contribution in [2.75, 3.05) is 25.4 Å². The van der Waals surface area contributed by atoms with Crippen LogP contribution in [0.1, 0.15) is 52.4 Å². The average molecular weight is 503 g/mol. The Morgan fingerprint density at radius 3 is 2.63 bits per heavy atom. The predicted molar refractivity (Wildman–Crippen MR) is 110 cm³/mol. The molecule has 0 saturated heterocycles. The molecule has 3 unspecified atom stereocenters. The Morgan fingerprint density at radius 2 is 1.96 bits per heavy atom. The van der Waals surface area contributed by atoms with Crippen molar-refractivity contribution in [3.05, 3.63) is 23.5 Å². The van der Waals surface area contributed by atoms with Gasteiger partial charge in [0.25, 0.3) is 0 Å². The van der Waals surface area contributed by atoms with Gasteiger partial charge in [-0.3, -0.25) is 4.79 Å². The largest absolute Gasteiger partial charge is 1.00 e. The monoisotopic (exact) mass is 502 g/mol. The number of halogens is 1. The van der Waals surface area contributed by atoms with Crippen molar-refractivity contribution in [3.63, 3.8) is 0 Å². The van der Waals surface area contributed by atoms with Gasteiger partial charge in [0.15, 0.2) is 0 Å². The standard InChI is InChI=1S/C23H35O2S.HI/c1-22-10-8-17(25-3)13-16(22)6-7-18-19(22)9-11-23(2)20(24)12-15(21(18)23)14-26(4)5;/h6,13,15,18-19,21H,7-12,14H2,1-5H3;1H/q+1;/p-1/t15-,18?,19?,21?,22-,23+;/m0./s1. The molecule has 0 aromatic heterocycles. The van der Waals surface area contributed by atoms with Crippen LogP contribution in [0.4, 0.5) is 0 Å². The van der Waals surface area contributed by atoms with E-state index in [2.05, 4.69) is 38.5 Å². The van der Waals surface area contributed by atoms with E-state index in [0.29, 0.717) is 34.4 Å². The number of hydrogen-bond donors (Lipinski definition) is 0. The van der Waals surface area contributed by atoms with Crippen molar-refractivity contribution >= 4 is 16.7 Å². The summed E-state index contributed by atoms with van der Waals surface area (Å²) in [5, 5.41) is 0. The number of fused-ring (bicyclic) bond motifs is 5. The Kier molecular flexibility index (Phi) is 6.20. The van der Waals surface area contributed by atoms with Gasteiger partial charge in [0.05, 0.1) is 25.4 Å². The van der Waals surface area contributed by atoms with Gasteiger partial charge in [-0.2, -0.15) is 0 Å². The summed E-state index contributed by atoms with van der Waals surface area (Å²) >= 11 is 0. The van der Waals surface area contributed by atoms with Crippen molar-refractivity contribution in [3.8, 4) is 0 Å². The van der Waals surface area contributed by atoms with Gasteiger partial charge < -0.3 is 28.7 Å². The number of carbonyl (C=O) groups is 1. The lowest BCUT2D eigenvalue weighted by atomic mass is 9.48. The summed E-state index contributed by atoms with van der Waals surface area (Å²) in [6.45, 7) is 4.81. The molecule has 4 aliphatic rings. The highest BCUT2D eigenvalue weighted by atomic mass is 127. The van der Waals surface area contributed by atoms with Crippen LogP contribution in [-0.2, 0) is 20.4 Å². The molecule has 2 fully saturated rings. The molecule has 4 aliphatic carbocycles. The Hall–Kier alpha value is 0.0300. The smallest absolute Gasteiger partial charge is 0.139 e. The maximum Gasteiger partial charge on any atom is 0.139 e. The zero-order valence-electron chi connectivity index (χ0n) is 17.5. The van der Waals surface area contributed by atoms with Crippen LogP contribution in [-0.4, -0.2) is 31.2 Å². The van der Waals surface area contributed by atoms with Gasteiger partial charge in [-0.25, -0.2) is 0 Å². The summed E-state index contributed by atoms with van der Waals surface area (Å²) in [4.78, 5) is 13.0. The molecule has 0 amide bonds. The second-order valence-electron chi connectivity index (χ2n) is 9.92. The molecule has 2 saturated carbocycles. The van der Waals surface area contributed by atoms with Crippen LogP contribution in [0.5, 0.6) is 0 Å². The topological polar surface area (TPSA) is 26.3 Å². The highest BCUT2D eigenvalue weighted by Crippen LogP contribution is 2.65. The van der Waals surface area contributed by atoms with Crippen LogP contribution in [0.25, 0.3) is 0 Å². The summed E-state index contributed by atoms with van der Waals surface area (Å²) < 4.78 is 5.56. The molecular formula is C23H35IO2S. The predicted octanol–water partition coefficient (Wildman–Crippen LogP) is 1.77. The van der Waals surface area contributed by atoms with Crippen LogP contribution < -0.4 is 24.0 Å². The second-order valence-corrected chi connectivity index (χ2v) is 12.2. The van der Waals surface area contributed by atoms with E-state index in [-0.39, 0.29) is 34.8 Å². The van der Waals surface area contributed by atoms with Crippen molar-refractivity contribution in [2.24, 2.45) is 34.5 Å². The fraction of sp³-hybridized carbons (Fsp3) is 0.783. The second kappa shape index (κ2) is 7.70. The molecule has 0 N–H and O–H groups in total. The lowest BCUT2D eigenvalue weighted by molar-refractivity contribution is -0.131. The van der Waals surface area contributed by atoms with E-state index in [9.17, 15) is 4.79 Å². The number of hydrogen-bond acceptors (Lipinski definition) is 2. The van der Waals surface area contributed by atoms with Gasteiger partial charge in [0.1, 0.15) is 11.5 Å². The van der Waals surface area contributed by atoms with Gasteiger partial charge in [-0.15, -0.1) is 0 Å². The lowest BCUT2D eigenvalue weighted by Gasteiger charge is -2.56. The minimum Gasteiger partial charge on any atom is -1.00 e. The molecule has 4 rings (SSSR count). The zero-order valence-corrected chi connectivity index (χ0v) is 20.5. The van der Waals surface area contributed by atoms with Crippen molar-refractivity contribution in [2.45, 2.75) is 52.4 Å². The van der Waals surface area contributed by atoms with Crippen molar-refractivity contribution in [1.29, 1.82) is 0 Å². The summed E-state index contributed by atoms with van der Waals surface area (Å²) in [7, 11) is 2.22. The third-order valence-corrected chi connectivity index (χ3v) is 9.48. The maximum atomic E-state index is 13.0. The average Bonchev–Trinajstić information content (AvgIpc) is 2.84. The third kappa shape index (κ3) is 3.35. The third-order valence-electron chi connectivity index (χ3n) is 8.39. The quantitative estimate of drug-likeness (QED) is 0.435. The first-order valence-electron chi connectivity index (χ1n) is 10.3. The summed E-state index contributed by atoms with van der Waals surface area (Å²) in [6, 6.07) is 0. The van der Waals surface area contributed by atoms with Crippen LogP contribution in [0.3, 0.4) is 0 Å². The first kappa shape index (κ1) is 21.7. The summed E-state index contributed by atoms with van der Waals surface area (Å²) in [5.41, 5.74) is 1.74. The van der Waals surface area contributed by atoms with Crippen LogP contribution in [0.15, 0.2) is 23.5 Å². The first-order valence-corrected chi connectivity index (χ1v) is 12.5. The number of Topliss-reactive ketones (excluding diaryl/α,β-unsaturated/α-hetero) is 1. The molecule has 0 spiro atoms. The Morgan fingerprint density at radius 1 is 1.22 bits per heavy atom. The molecule has 0 bridgehead atoms. The van der Waals surface area contributed by atoms with Crippen molar-refractivity contribution in [1.82, 2.24) is 0 Å². The highest BCUT2D eigenvalue weighted by Gasteiger charge is 2.61. The van der Waals surface area contributed by atoms with E-state index in [1.54, 1.807) is 7.11 Å².